The van der Waals surface area contributed by atoms with Gasteiger partial charge in [-0.05, 0) is 102 Å². The second-order valence-corrected chi connectivity index (χ2v) is 13.0. The van der Waals surface area contributed by atoms with Crippen LogP contribution in [0.1, 0.15) is 26.7 Å². The van der Waals surface area contributed by atoms with E-state index < -0.39 is 17.1 Å². The minimum atomic E-state index is -0.573. The molecule has 6 aromatic carbocycles. The van der Waals surface area contributed by atoms with Crippen LogP contribution in [0.4, 0.5) is 11.4 Å². The van der Waals surface area contributed by atoms with Crippen molar-refractivity contribution in [2.24, 2.45) is 0 Å². The van der Waals surface area contributed by atoms with Gasteiger partial charge in [0.05, 0.1) is 14.2 Å². The number of anilines is 2. The summed E-state index contributed by atoms with van der Waals surface area (Å²) in [5.41, 5.74) is 3.00. The first-order valence-electron chi connectivity index (χ1n) is 17.0. The van der Waals surface area contributed by atoms with E-state index in [-0.39, 0.29) is 11.6 Å². The van der Waals surface area contributed by atoms with Crippen LogP contribution in [0.25, 0.3) is 6.08 Å². The standard InChI is InChI=1S/C44H37N3O6S/c1-51-39-27-18-30(29-40(39)52-2)28-38(47-42(48)32-14-8-4-9-15-32)43(49)45-34-21-25-37(26-22-34)54-41(31-12-6-3-7-13-31)44(50)46-33-19-23-36(24-20-33)53-35-16-10-5-11-17-35/h3-29,41H,1-2H3,(H,45,49)(H,46,50)(H,47,48)/b38-28-. The molecule has 54 heavy (non-hydrogen) atoms. The molecule has 0 saturated carbocycles. The Bertz CT molecular complexity index is 2210. The maximum absolute atomic E-state index is 13.7. The van der Waals surface area contributed by atoms with E-state index in [1.165, 1.54) is 26.0 Å². The summed E-state index contributed by atoms with van der Waals surface area (Å²) in [6.45, 7) is 0. The summed E-state index contributed by atoms with van der Waals surface area (Å²) in [5.74, 6) is 1.22. The molecule has 1 atom stereocenters. The highest BCUT2D eigenvalue weighted by molar-refractivity contribution is 8.00. The Labute approximate surface area is 318 Å². The molecule has 6 rings (SSSR count). The predicted molar refractivity (Wildman–Crippen MR) is 213 cm³/mol. The summed E-state index contributed by atoms with van der Waals surface area (Å²) in [5, 5.41) is 8.09. The van der Waals surface area contributed by atoms with Gasteiger partial charge in [-0.3, -0.25) is 14.4 Å². The summed E-state index contributed by atoms with van der Waals surface area (Å²) >= 11 is 1.38. The van der Waals surface area contributed by atoms with Crippen LogP contribution in [0.15, 0.2) is 168 Å². The quantitative estimate of drug-likeness (QED) is 0.0755. The largest absolute Gasteiger partial charge is 0.493 e. The highest BCUT2D eigenvalue weighted by Crippen LogP contribution is 2.37. The molecule has 0 radical (unpaired) electrons. The summed E-state index contributed by atoms with van der Waals surface area (Å²) in [6.07, 6.45) is 1.56. The van der Waals surface area contributed by atoms with E-state index in [1.807, 2.05) is 91.0 Å². The van der Waals surface area contributed by atoms with Crippen LogP contribution in [0.2, 0.25) is 0 Å². The predicted octanol–water partition coefficient (Wildman–Crippen LogP) is 9.38. The Balaban J connectivity index is 1.16. The SMILES string of the molecule is COc1ccc(/C=C(\NC(=O)c2ccccc2)C(=O)Nc2ccc(SC(C(=O)Nc3ccc(Oc4ccccc4)cc3)c3ccccc3)cc2)cc1OC. The number of benzene rings is 6. The number of ether oxygens (including phenoxy) is 3. The molecule has 0 spiro atoms. The molecule has 0 aliphatic carbocycles. The summed E-state index contributed by atoms with van der Waals surface area (Å²) in [6, 6.07) is 47.2. The second kappa shape index (κ2) is 18.1. The van der Waals surface area contributed by atoms with E-state index >= 15 is 0 Å². The number of hydrogen-bond donors (Lipinski definition) is 3. The van der Waals surface area contributed by atoms with Crippen LogP contribution < -0.4 is 30.2 Å². The van der Waals surface area contributed by atoms with Crippen molar-refractivity contribution in [2.45, 2.75) is 10.1 Å². The Kier molecular flexibility index (Phi) is 12.4. The molecule has 0 bridgehead atoms. The molecule has 0 aromatic heterocycles. The molecule has 0 heterocycles. The minimum absolute atomic E-state index is 0.0231. The van der Waals surface area contributed by atoms with Crippen molar-refractivity contribution >= 4 is 46.9 Å². The van der Waals surface area contributed by atoms with Gasteiger partial charge in [-0.2, -0.15) is 0 Å². The van der Waals surface area contributed by atoms with Crippen molar-refractivity contribution in [2.75, 3.05) is 24.9 Å². The summed E-state index contributed by atoms with van der Waals surface area (Å²) in [4.78, 5) is 41.3. The van der Waals surface area contributed by atoms with Gasteiger partial charge in [0.1, 0.15) is 22.4 Å². The first-order valence-corrected chi connectivity index (χ1v) is 17.8. The normalized spacial score (nSPS) is 11.5. The van der Waals surface area contributed by atoms with Gasteiger partial charge in [-0.15, -0.1) is 11.8 Å². The van der Waals surface area contributed by atoms with Crippen molar-refractivity contribution < 1.29 is 28.6 Å². The van der Waals surface area contributed by atoms with E-state index in [4.69, 9.17) is 14.2 Å². The van der Waals surface area contributed by atoms with Gasteiger partial charge in [0.2, 0.25) is 5.91 Å². The van der Waals surface area contributed by atoms with E-state index in [1.54, 1.807) is 72.8 Å². The smallest absolute Gasteiger partial charge is 0.272 e. The lowest BCUT2D eigenvalue weighted by Gasteiger charge is -2.18. The lowest BCUT2D eigenvalue weighted by atomic mass is 10.1. The molecule has 3 N–H and O–H groups in total. The van der Waals surface area contributed by atoms with Crippen LogP contribution in [0.5, 0.6) is 23.0 Å². The van der Waals surface area contributed by atoms with Gasteiger partial charge >= 0.3 is 0 Å². The fourth-order valence-electron chi connectivity index (χ4n) is 5.34. The van der Waals surface area contributed by atoms with E-state index in [0.717, 1.165) is 16.2 Å². The molecule has 10 heteroatoms. The number of nitrogens with one attached hydrogen (secondary N) is 3. The lowest BCUT2D eigenvalue weighted by Crippen LogP contribution is -2.30. The Morgan fingerprint density at radius 1 is 0.611 bits per heavy atom. The van der Waals surface area contributed by atoms with Crippen molar-refractivity contribution in [1.29, 1.82) is 0 Å². The highest BCUT2D eigenvalue weighted by Gasteiger charge is 2.23. The van der Waals surface area contributed by atoms with Gasteiger partial charge < -0.3 is 30.2 Å². The zero-order valence-corrected chi connectivity index (χ0v) is 30.3. The van der Waals surface area contributed by atoms with Crippen LogP contribution in [-0.2, 0) is 9.59 Å². The van der Waals surface area contributed by atoms with Crippen molar-refractivity contribution in [3.63, 3.8) is 0 Å². The maximum atomic E-state index is 13.7. The third-order valence-corrected chi connectivity index (χ3v) is 9.32. The van der Waals surface area contributed by atoms with Crippen molar-refractivity contribution in [3.05, 3.63) is 180 Å². The van der Waals surface area contributed by atoms with E-state index in [9.17, 15) is 14.4 Å². The number of hydrogen-bond acceptors (Lipinski definition) is 7. The number of methoxy groups -OCH3 is 2. The average molecular weight is 736 g/mol. The van der Waals surface area contributed by atoms with Gasteiger partial charge in [0, 0.05) is 21.8 Å². The monoisotopic (exact) mass is 735 g/mol. The number of amides is 3. The number of para-hydroxylation sites is 1. The number of thioether (sulfide) groups is 1. The fraction of sp³-hybridized carbons (Fsp3) is 0.0682. The molecule has 0 saturated heterocycles. The van der Waals surface area contributed by atoms with Crippen LogP contribution in [0.3, 0.4) is 0 Å². The van der Waals surface area contributed by atoms with Gasteiger partial charge in [-0.25, -0.2) is 0 Å². The summed E-state index contributed by atoms with van der Waals surface area (Å²) < 4.78 is 16.7. The van der Waals surface area contributed by atoms with E-state index in [2.05, 4.69) is 16.0 Å². The number of carbonyl (C=O) groups excluding carboxylic acids is 3. The molecule has 0 fully saturated rings. The number of carbonyl (C=O) groups is 3. The Hall–Kier alpha value is -6.78. The Morgan fingerprint density at radius 2 is 1.19 bits per heavy atom. The fourth-order valence-corrected chi connectivity index (χ4v) is 6.37. The molecule has 270 valence electrons. The maximum Gasteiger partial charge on any atom is 0.272 e. The third kappa shape index (κ3) is 9.96. The average Bonchev–Trinajstić information content (AvgIpc) is 3.21. The van der Waals surface area contributed by atoms with Crippen LogP contribution >= 0.6 is 11.8 Å². The van der Waals surface area contributed by atoms with Crippen LogP contribution in [0, 0.1) is 0 Å². The van der Waals surface area contributed by atoms with E-state index in [0.29, 0.717) is 39.8 Å². The molecule has 0 aliphatic heterocycles. The Morgan fingerprint density at radius 3 is 1.83 bits per heavy atom. The zero-order valence-electron chi connectivity index (χ0n) is 29.5. The zero-order chi connectivity index (χ0) is 37.7. The van der Waals surface area contributed by atoms with Crippen LogP contribution in [-0.4, -0.2) is 31.9 Å². The topological polar surface area (TPSA) is 115 Å². The molecule has 3 amide bonds. The minimum Gasteiger partial charge on any atom is -0.493 e. The molecular formula is C44H37N3O6S. The molecule has 9 nitrogen and oxygen atoms in total. The second-order valence-electron chi connectivity index (χ2n) is 11.8. The lowest BCUT2D eigenvalue weighted by molar-refractivity contribution is -0.116. The van der Waals surface area contributed by atoms with Gasteiger partial charge in [0.15, 0.2) is 11.5 Å². The molecular weight excluding hydrogens is 699 g/mol. The molecule has 6 aromatic rings. The molecule has 1 unspecified atom stereocenters. The summed E-state index contributed by atoms with van der Waals surface area (Å²) in [7, 11) is 3.06. The highest BCUT2D eigenvalue weighted by atomic mass is 32.2. The first kappa shape index (κ1) is 37.0. The first-order chi connectivity index (χ1) is 26.4. The van der Waals surface area contributed by atoms with Crippen molar-refractivity contribution in [3.8, 4) is 23.0 Å². The van der Waals surface area contributed by atoms with Gasteiger partial charge in [-0.1, -0.05) is 72.8 Å². The molecule has 0 aliphatic rings. The third-order valence-electron chi connectivity index (χ3n) is 8.05. The number of rotatable bonds is 14. The van der Waals surface area contributed by atoms with Crippen molar-refractivity contribution in [1.82, 2.24) is 5.32 Å². The van der Waals surface area contributed by atoms with Gasteiger partial charge in [0.25, 0.3) is 11.8 Å².